The highest BCUT2D eigenvalue weighted by Crippen LogP contribution is 2.34. The molecule has 2 aromatic rings. The molecule has 3 heterocycles. The second-order valence-electron chi connectivity index (χ2n) is 6.55. The van der Waals surface area contributed by atoms with E-state index in [9.17, 15) is 0 Å². The van der Waals surface area contributed by atoms with E-state index in [-0.39, 0.29) is 0 Å². The molecule has 124 valence electrons. The van der Waals surface area contributed by atoms with Crippen molar-refractivity contribution in [2.24, 2.45) is 0 Å². The number of nitrogens with zero attached hydrogens (tertiary/aromatic N) is 5. The molecule has 0 spiro atoms. The van der Waals surface area contributed by atoms with Gasteiger partial charge in [-0.1, -0.05) is 0 Å². The first kappa shape index (κ1) is 16.5. The van der Waals surface area contributed by atoms with Gasteiger partial charge in [0.25, 0.3) is 0 Å². The van der Waals surface area contributed by atoms with Gasteiger partial charge < -0.3 is 4.90 Å². The number of hydrogen-bond donors (Lipinski definition) is 0. The molecule has 1 unspecified atom stereocenters. The fraction of sp³-hybridized carbons (Fsp3) is 0.588. The minimum Gasteiger partial charge on any atom is -0.305 e. The quantitative estimate of drug-likeness (QED) is 0.843. The van der Waals surface area contributed by atoms with Crippen LogP contribution in [0.2, 0.25) is 0 Å². The van der Waals surface area contributed by atoms with E-state index in [0.29, 0.717) is 6.04 Å². The Bertz CT molecular complexity index is 667. The van der Waals surface area contributed by atoms with Crippen LogP contribution in [0.25, 0.3) is 0 Å². The molecule has 1 aliphatic heterocycles. The highest BCUT2D eigenvalue weighted by atomic mass is 32.1. The first-order chi connectivity index (χ1) is 11.0. The maximum atomic E-state index is 4.81. The summed E-state index contributed by atoms with van der Waals surface area (Å²) in [4.78, 5) is 18.5. The third-order valence-electron chi connectivity index (χ3n) is 4.22. The van der Waals surface area contributed by atoms with Crippen LogP contribution in [0.4, 0.5) is 0 Å². The first-order valence-corrected chi connectivity index (χ1v) is 9.03. The summed E-state index contributed by atoms with van der Waals surface area (Å²) < 4.78 is 0. The first-order valence-electron chi connectivity index (χ1n) is 8.15. The van der Waals surface area contributed by atoms with E-state index in [1.54, 1.807) is 11.3 Å². The maximum Gasteiger partial charge on any atom is 0.125 e. The minimum atomic E-state index is 0.383. The Morgan fingerprint density at radius 1 is 1.30 bits per heavy atom. The van der Waals surface area contributed by atoms with Crippen LogP contribution in [0.15, 0.2) is 11.6 Å². The number of thiazole rings is 1. The van der Waals surface area contributed by atoms with Crippen molar-refractivity contribution in [3.63, 3.8) is 0 Å². The molecular weight excluding hydrogens is 306 g/mol. The van der Waals surface area contributed by atoms with Crippen LogP contribution < -0.4 is 0 Å². The van der Waals surface area contributed by atoms with Crippen molar-refractivity contribution in [3.05, 3.63) is 39.4 Å². The van der Waals surface area contributed by atoms with Gasteiger partial charge in [0, 0.05) is 30.2 Å². The summed E-state index contributed by atoms with van der Waals surface area (Å²) in [5.74, 6) is 0.860. The van der Waals surface area contributed by atoms with Gasteiger partial charge in [-0.05, 0) is 47.3 Å². The molecule has 2 aromatic heterocycles. The van der Waals surface area contributed by atoms with Crippen molar-refractivity contribution < 1.29 is 0 Å². The van der Waals surface area contributed by atoms with Gasteiger partial charge in [0.1, 0.15) is 5.82 Å². The van der Waals surface area contributed by atoms with Crippen molar-refractivity contribution >= 4 is 11.3 Å². The fourth-order valence-corrected chi connectivity index (χ4v) is 3.88. The molecule has 6 heteroatoms. The number of aromatic nitrogens is 3. The normalized spacial score (nSPS) is 18.9. The lowest BCUT2D eigenvalue weighted by molar-refractivity contribution is 0.238. The summed E-state index contributed by atoms with van der Waals surface area (Å²) in [7, 11) is 4.18. The van der Waals surface area contributed by atoms with Crippen LogP contribution in [0, 0.1) is 13.8 Å². The van der Waals surface area contributed by atoms with E-state index in [4.69, 9.17) is 4.98 Å². The lowest BCUT2D eigenvalue weighted by Crippen LogP contribution is -2.26. The highest BCUT2D eigenvalue weighted by Gasteiger charge is 2.29. The third kappa shape index (κ3) is 3.94. The molecule has 0 radical (unpaired) electrons. The van der Waals surface area contributed by atoms with E-state index in [1.165, 1.54) is 29.8 Å². The Balaban J connectivity index is 1.85. The van der Waals surface area contributed by atoms with Gasteiger partial charge in [0.2, 0.25) is 0 Å². The number of likely N-dealkylation sites (tertiary alicyclic amines) is 1. The van der Waals surface area contributed by atoms with Crippen LogP contribution in [0.1, 0.15) is 46.7 Å². The van der Waals surface area contributed by atoms with Crippen LogP contribution >= 0.6 is 11.3 Å². The molecular formula is C17H25N5S. The lowest BCUT2D eigenvalue weighted by Gasteiger charge is -2.26. The molecule has 1 saturated heterocycles. The number of aryl methyl sites for hydroxylation is 2. The standard InChI is InChI=1S/C17H25N5S/c1-12-18-8-14(9-21(3)4)17(19-12)16-6-5-7-22(16)10-15-11-23-13(2)20-15/h8,11,16H,5-7,9-10H2,1-4H3. The molecule has 0 saturated carbocycles. The van der Waals surface area contributed by atoms with Crippen molar-refractivity contribution in [2.45, 2.75) is 45.8 Å². The molecule has 23 heavy (non-hydrogen) atoms. The second-order valence-corrected chi connectivity index (χ2v) is 7.61. The average Bonchev–Trinajstić information content (AvgIpc) is 3.10. The molecule has 5 nitrogen and oxygen atoms in total. The Morgan fingerprint density at radius 3 is 2.83 bits per heavy atom. The SMILES string of the molecule is Cc1ncc(CN(C)C)c(C2CCCN2Cc2csc(C)n2)n1. The Morgan fingerprint density at radius 2 is 2.13 bits per heavy atom. The molecule has 0 N–H and O–H groups in total. The zero-order chi connectivity index (χ0) is 16.4. The summed E-state index contributed by atoms with van der Waals surface area (Å²) in [6.07, 6.45) is 4.39. The predicted octanol–water partition coefficient (Wildman–Crippen LogP) is 2.95. The Labute approximate surface area is 142 Å². The monoisotopic (exact) mass is 331 g/mol. The minimum absolute atomic E-state index is 0.383. The molecule has 1 atom stereocenters. The summed E-state index contributed by atoms with van der Waals surface area (Å²) in [5, 5.41) is 3.32. The van der Waals surface area contributed by atoms with Crippen LogP contribution in [-0.4, -0.2) is 45.4 Å². The van der Waals surface area contributed by atoms with E-state index in [1.807, 2.05) is 13.1 Å². The number of rotatable bonds is 5. The van der Waals surface area contributed by atoms with Gasteiger partial charge >= 0.3 is 0 Å². The largest absolute Gasteiger partial charge is 0.305 e. The average molecular weight is 331 g/mol. The summed E-state index contributed by atoms with van der Waals surface area (Å²) in [6.45, 7) is 6.96. The van der Waals surface area contributed by atoms with E-state index < -0.39 is 0 Å². The topological polar surface area (TPSA) is 45.2 Å². The molecule has 0 aliphatic carbocycles. The smallest absolute Gasteiger partial charge is 0.125 e. The van der Waals surface area contributed by atoms with Crippen molar-refractivity contribution in [1.82, 2.24) is 24.8 Å². The van der Waals surface area contributed by atoms with Gasteiger partial charge in [0.15, 0.2) is 0 Å². The molecule has 0 aromatic carbocycles. The van der Waals surface area contributed by atoms with Gasteiger partial charge in [-0.3, -0.25) is 4.90 Å². The zero-order valence-corrected chi connectivity index (χ0v) is 15.2. The van der Waals surface area contributed by atoms with Gasteiger partial charge in [-0.2, -0.15) is 0 Å². The highest BCUT2D eigenvalue weighted by molar-refractivity contribution is 7.09. The van der Waals surface area contributed by atoms with Crippen LogP contribution in [0.5, 0.6) is 0 Å². The van der Waals surface area contributed by atoms with Crippen LogP contribution in [0.3, 0.4) is 0 Å². The van der Waals surface area contributed by atoms with Gasteiger partial charge in [-0.25, -0.2) is 15.0 Å². The van der Waals surface area contributed by atoms with Crippen molar-refractivity contribution in [1.29, 1.82) is 0 Å². The fourth-order valence-electron chi connectivity index (χ4n) is 3.28. The number of hydrogen-bond acceptors (Lipinski definition) is 6. The zero-order valence-electron chi connectivity index (χ0n) is 14.4. The van der Waals surface area contributed by atoms with Gasteiger partial charge in [-0.15, -0.1) is 11.3 Å². The van der Waals surface area contributed by atoms with E-state index in [0.717, 1.165) is 30.5 Å². The Kier molecular flexibility index (Phi) is 5.04. The van der Waals surface area contributed by atoms with Gasteiger partial charge in [0.05, 0.1) is 22.4 Å². The molecule has 1 aliphatic rings. The maximum absolute atomic E-state index is 4.81. The summed E-state index contributed by atoms with van der Waals surface area (Å²) in [5.41, 5.74) is 3.63. The van der Waals surface area contributed by atoms with Crippen LogP contribution in [-0.2, 0) is 13.1 Å². The van der Waals surface area contributed by atoms with E-state index in [2.05, 4.69) is 46.2 Å². The third-order valence-corrected chi connectivity index (χ3v) is 5.04. The lowest BCUT2D eigenvalue weighted by atomic mass is 10.1. The van der Waals surface area contributed by atoms with Crippen molar-refractivity contribution in [2.75, 3.05) is 20.6 Å². The van der Waals surface area contributed by atoms with Crippen molar-refractivity contribution in [3.8, 4) is 0 Å². The summed E-state index contributed by atoms with van der Waals surface area (Å²) >= 11 is 1.73. The summed E-state index contributed by atoms with van der Waals surface area (Å²) in [6, 6.07) is 0.383. The second kappa shape index (κ2) is 7.03. The predicted molar refractivity (Wildman–Crippen MR) is 93.4 cm³/mol. The molecule has 0 amide bonds. The molecule has 0 bridgehead atoms. The molecule has 3 rings (SSSR count). The molecule has 1 fully saturated rings. The Hall–Kier alpha value is -1.37. The van der Waals surface area contributed by atoms with E-state index >= 15 is 0 Å².